The molecule has 0 saturated carbocycles. The Morgan fingerprint density at radius 3 is 2.73 bits per heavy atom. The van der Waals surface area contributed by atoms with E-state index in [0.717, 1.165) is 24.2 Å². The molecule has 10 nitrogen and oxygen atoms in total. The van der Waals surface area contributed by atoms with E-state index >= 15 is 0 Å². The number of anilines is 1. The molecule has 0 aliphatic heterocycles. The first-order valence-corrected chi connectivity index (χ1v) is 9.84. The van der Waals surface area contributed by atoms with Crippen LogP contribution in [0.25, 0.3) is 11.0 Å². The Labute approximate surface area is 151 Å². The van der Waals surface area contributed by atoms with Crippen molar-refractivity contribution in [3.05, 3.63) is 23.9 Å². The van der Waals surface area contributed by atoms with Crippen LogP contribution in [0.3, 0.4) is 0 Å². The second kappa shape index (κ2) is 7.38. The number of aromatic nitrogens is 6. The van der Waals surface area contributed by atoms with E-state index < -0.39 is 10.0 Å². The fraction of sp³-hybridized carbons (Fsp3) is 0.467. The Morgan fingerprint density at radius 2 is 2.04 bits per heavy atom. The standard InChI is InChI=1S/C15H22N8O2S/c1-4-5-16-14-12-8-19-23(15(12)18-9-17-14)7-6-20-26(24,25)13-10(2)21-22-11(13)3/h8-9,20H,4-7H2,1-3H3,(H,21,22)(H,16,17,18). The molecule has 3 heterocycles. The summed E-state index contributed by atoms with van der Waals surface area (Å²) in [5.74, 6) is 0.730. The van der Waals surface area contributed by atoms with Crippen molar-refractivity contribution in [3.63, 3.8) is 0 Å². The van der Waals surface area contributed by atoms with Crippen molar-refractivity contribution < 1.29 is 8.42 Å². The predicted octanol–water partition coefficient (Wildman–Crippen LogP) is 0.967. The van der Waals surface area contributed by atoms with Crippen molar-refractivity contribution in [3.8, 4) is 0 Å². The maximum absolute atomic E-state index is 12.5. The molecule has 140 valence electrons. The predicted molar refractivity (Wildman–Crippen MR) is 97.4 cm³/mol. The van der Waals surface area contributed by atoms with Gasteiger partial charge in [-0.1, -0.05) is 6.92 Å². The van der Waals surface area contributed by atoms with E-state index in [4.69, 9.17) is 0 Å². The molecule has 0 radical (unpaired) electrons. The van der Waals surface area contributed by atoms with E-state index in [1.807, 2.05) is 0 Å². The molecule has 0 fully saturated rings. The zero-order valence-corrected chi connectivity index (χ0v) is 15.8. The summed E-state index contributed by atoms with van der Waals surface area (Å²) in [4.78, 5) is 8.68. The van der Waals surface area contributed by atoms with Gasteiger partial charge in [0, 0.05) is 13.1 Å². The third kappa shape index (κ3) is 3.53. The lowest BCUT2D eigenvalue weighted by Gasteiger charge is -2.08. The van der Waals surface area contributed by atoms with Crippen LogP contribution in [0.15, 0.2) is 17.4 Å². The van der Waals surface area contributed by atoms with E-state index in [1.165, 1.54) is 6.33 Å². The van der Waals surface area contributed by atoms with Crippen molar-refractivity contribution >= 4 is 26.9 Å². The summed E-state index contributed by atoms with van der Waals surface area (Å²) < 4.78 is 29.2. The number of fused-ring (bicyclic) bond motifs is 1. The Morgan fingerprint density at radius 1 is 1.23 bits per heavy atom. The van der Waals surface area contributed by atoms with Crippen molar-refractivity contribution in [2.45, 2.75) is 38.6 Å². The Balaban J connectivity index is 1.73. The summed E-state index contributed by atoms with van der Waals surface area (Å²) in [5.41, 5.74) is 1.62. The van der Waals surface area contributed by atoms with Crippen LogP contribution in [-0.4, -0.2) is 51.5 Å². The van der Waals surface area contributed by atoms with Crippen LogP contribution in [0.5, 0.6) is 0 Å². The second-order valence-electron chi connectivity index (χ2n) is 5.91. The number of H-pyrrole nitrogens is 1. The van der Waals surface area contributed by atoms with E-state index in [2.05, 4.69) is 42.2 Å². The highest BCUT2D eigenvalue weighted by molar-refractivity contribution is 7.89. The van der Waals surface area contributed by atoms with Crippen LogP contribution in [0, 0.1) is 13.8 Å². The van der Waals surface area contributed by atoms with Gasteiger partial charge in [-0.25, -0.2) is 27.8 Å². The zero-order valence-electron chi connectivity index (χ0n) is 14.9. The summed E-state index contributed by atoms with van der Waals surface area (Å²) >= 11 is 0. The number of aryl methyl sites for hydroxylation is 2. The van der Waals surface area contributed by atoms with E-state index in [1.54, 1.807) is 24.7 Å². The number of nitrogens with zero attached hydrogens (tertiary/aromatic N) is 5. The Hall–Kier alpha value is -2.53. The van der Waals surface area contributed by atoms with Crippen LogP contribution in [-0.2, 0) is 16.6 Å². The molecule has 0 unspecified atom stereocenters. The average molecular weight is 378 g/mol. The minimum Gasteiger partial charge on any atom is -0.369 e. The average Bonchev–Trinajstić information content (AvgIpc) is 3.17. The maximum atomic E-state index is 12.5. The summed E-state index contributed by atoms with van der Waals surface area (Å²) in [5, 5.41) is 15.0. The normalized spacial score (nSPS) is 12.0. The Kier molecular flexibility index (Phi) is 5.18. The molecule has 3 aromatic heterocycles. The van der Waals surface area contributed by atoms with Crippen molar-refractivity contribution in [2.75, 3.05) is 18.4 Å². The minimum atomic E-state index is -3.63. The smallest absolute Gasteiger partial charge is 0.244 e. The SMILES string of the molecule is CCCNc1ncnc2c1cnn2CCNS(=O)(=O)c1c(C)n[nH]c1C. The summed E-state index contributed by atoms with van der Waals surface area (Å²) in [6.07, 6.45) is 4.14. The molecular formula is C15H22N8O2S. The van der Waals surface area contributed by atoms with Gasteiger partial charge in [0.1, 0.15) is 17.0 Å². The van der Waals surface area contributed by atoms with Gasteiger partial charge in [0.2, 0.25) is 10.0 Å². The topological polar surface area (TPSA) is 130 Å². The summed E-state index contributed by atoms with van der Waals surface area (Å²) in [7, 11) is -3.63. The lowest BCUT2D eigenvalue weighted by atomic mass is 10.4. The molecule has 3 N–H and O–H groups in total. The first-order chi connectivity index (χ1) is 12.4. The lowest BCUT2D eigenvalue weighted by Crippen LogP contribution is -2.28. The Bertz CT molecular complexity index is 989. The first-order valence-electron chi connectivity index (χ1n) is 8.35. The molecule has 3 rings (SSSR count). The summed E-state index contributed by atoms with van der Waals surface area (Å²) in [6.45, 7) is 6.75. The van der Waals surface area contributed by atoms with Crippen LogP contribution in [0.2, 0.25) is 0 Å². The molecule has 0 saturated heterocycles. The molecule has 0 bridgehead atoms. The number of rotatable bonds is 8. The van der Waals surface area contributed by atoms with Gasteiger partial charge in [0.15, 0.2) is 5.65 Å². The quantitative estimate of drug-likeness (QED) is 0.532. The highest BCUT2D eigenvalue weighted by atomic mass is 32.2. The molecule has 0 aliphatic carbocycles. The molecule has 3 aromatic rings. The maximum Gasteiger partial charge on any atom is 0.244 e. The van der Waals surface area contributed by atoms with Gasteiger partial charge < -0.3 is 5.32 Å². The largest absolute Gasteiger partial charge is 0.369 e. The number of aromatic amines is 1. The third-order valence-electron chi connectivity index (χ3n) is 3.92. The lowest BCUT2D eigenvalue weighted by molar-refractivity contribution is 0.563. The number of hydrogen-bond acceptors (Lipinski definition) is 7. The monoisotopic (exact) mass is 378 g/mol. The molecule has 11 heteroatoms. The van der Waals surface area contributed by atoms with Crippen molar-refractivity contribution in [1.29, 1.82) is 0 Å². The highest BCUT2D eigenvalue weighted by Gasteiger charge is 2.21. The molecule has 0 atom stereocenters. The van der Waals surface area contributed by atoms with Crippen molar-refractivity contribution in [1.82, 2.24) is 34.7 Å². The van der Waals surface area contributed by atoms with Crippen LogP contribution in [0.4, 0.5) is 5.82 Å². The van der Waals surface area contributed by atoms with Gasteiger partial charge in [-0.05, 0) is 20.3 Å². The zero-order chi connectivity index (χ0) is 18.7. The fourth-order valence-corrected chi connectivity index (χ4v) is 4.12. The summed E-state index contributed by atoms with van der Waals surface area (Å²) in [6, 6.07) is 0. The third-order valence-corrected chi connectivity index (χ3v) is 5.64. The van der Waals surface area contributed by atoms with Gasteiger partial charge in [0.05, 0.1) is 29.5 Å². The first kappa shape index (κ1) is 18.3. The molecule has 0 amide bonds. The molecule has 0 aliphatic rings. The number of nitrogens with one attached hydrogen (secondary N) is 3. The van der Waals surface area contributed by atoms with E-state index in [0.29, 0.717) is 23.6 Å². The van der Waals surface area contributed by atoms with Gasteiger partial charge >= 0.3 is 0 Å². The molecule has 0 aromatic carbocycles. The van der Waals surface area contributed by atoms with E-state index in [-0.39, 0.29) is 11.4 Å². The fourth-order valence-electron chi connectivity index (χ4n) is 2.74. The molecule has 26 heavy (non-hydrogen) atoms. The second-order valence-corrected chi connectivity index (χ2v) is 7.62. The van der Waals surface area contributed by atoms with Gasteiger partial charge in [-0.15, -0.1) is 0 Å². The minimum absolute atomic E-state index is 0.185. The number of hydrogen-bond donors (Lipinski definition) is 3. The van der Waals surface area contributed by atoms with Gasteiger partial charge in [-0.2, -0.15) is 10.2 Å². The van der Waals surface area contributed by atoms with Crippen LogP contribution < -0.4 is 10.0 Å². The van der Waals surface area contributed by atoms with Gasteiger partial charge in [0.25, 0.3) is 0 Å². The highest BCUT2D eigenvalue weighted by Crippen LogP contribution is 2.19. The van der Waals surface area contributed by atoms with Crippen molar-refractivity contribution in [2.24, 2.45) is 0 Å². The van der Waals surface area contributed by atoms with Crippen LogP contribution in [0.1, 0.15) is 24.7 Å². The van der Waals surface area contributed by atoms with Gasteiger partial charge in [-0.3, -0.25) is 5.10 Å². The molecular weight excluding hydrogens is 356 g/mol. The number of sulfonamides is 1. The van der Waals surface area contributed by atoms with Crippen LogP contribution >= 0.6 is 0 Å². The molecule has 0 spiro atoms. The van der Waals surface area contributed by atoms with E-state index in [9.17, 15) is 8.42 Å².